The number of hydrogen-bond donors (Lipinski definition) is 1. The van der Waals surface area contributed by atoms with Crippen LogP contribution in [-0.2, 0) is 16.1 Å². The third-order valence-corrected chi connectivity index (χ3v) is 4.85. The fourth-order valence-corrected chi connectivity index (χ4v) is 3.34. The molecule has 0 aliphatic heterocycles. The van der Waals surface area contributed by atoms with Crippen LogP contribution in [0.5, 0.6) is 11.5 Å². The van der Waals surface area contributed by atoms with Crippen LogP contribution in [0.1, 0.15) is 64.4 Å². The molecule has 5 heteroatoms. The van der Waals surface area contributed by atoms with E-state index in [1.54, 1.807) is 21.0 Å². The molecule has 1 aliphatic carbocycles. The topological polar surface area (TPSA) is 56.8 Å². The van der Waals surface area contributed by atoms with Crippen LogP contribution in [0.4, 0.5) is 0 Å². The maximum Gasteiger partial charge on any atom is 0.347 e. The number of hydrogen-bond acceptors (Lipinski definition) is 5. The van der Waals surface area contributed by atoms with E-state index in [-0.39, 0.29) is 5.97 Å². The third-order valence-electron chi connectivity index (χ3n) is 4.85. The lowest BCUT2D eigenvalue weighted by molar-refractivity contribution is -0.150. The molecule has 0 spiro atoms. The largest absolute Gasteiger partial charge is 0.493 e. The van der Waals surface area contributed by atoms with Crippen molar-refractivity contribution in [2.24, 2.45) is 0 Å². The number of esters is 1. The van der Waals surface area contributed by atoms with Gasteiger partial charge in [-0.1, -0.05) is 38.2 Å². The number of nitrogens with one attached hydrogen (secondary N) is 1. The smallest absolute Gasteiger partial charge is 0.347 e. The number of carbonyl (C=O) groups is 1. The lowest BCUT2D eigenvalue weighted by atomic mass is 9.96. The Kier molecular flexibility index (Phi) is 8.75. The standard InChI is InChI=1S/C21H33NO4/c1-4-25-21(23)16(2)26-19-13-12-17(14-20(19)24-3)15-22-18-10-8-6-5-7-9-11-18/h12-14,16,18,22H,4-11,15H2,1-3H3/t16-/m0/s1. The van der Waals surface area contributed by atoms with Gasteiger partial charge in [0.05, 0.1) is 13.7 Å². The molecule has 0 heterocycles. The zero-order chi connectivity index (χ0) is 18.8. The SMILES string of the molecule is CCOC(=O)[C@H](C)Oc1ccc(CNC2CCCCCCC2)cc1OC. The van der Waals surface area contributed by atoms with E-state index in [2.05, 4.69) is 5.32 Å². The van der Waals surface area contributed by atoms with E-state index in [4.69, 9.17) is 14.2 Å². The monoisotopic (exact) mass is 363 g/mol. The van der Waals surface area contributed by atoms with E-state index >= 15 is 0 Å². The van der Waals surface area contributed by atoms with Gasteiger partial charge in [-0.05, 0) is 44.4 Å². The second-order valence-corrected chi connectivity index (χ2v) is 6.92. The molecule has 146 valence electrons. The van der Waals surface area contributed by atoms with Gasteiger partial charge in [-0.3, -0.25) is 0 Å². The van der Waals surface area contributed by atoms with E-state index < -0.39 is 6.10 Å². The maximum atomic E-state index is 11.7. The summed E-state index contributed by atoms with van der Waals surface area (Å²) >= 11 is 0. The number of rotatable bonds is 8. The summed E-state index contributed by atoms with van der Waals surface area (Å²) in [5, 5.41) is 3.68. The first-order chi connectivity index (χ1) is 12.6. The van der Waals surface area contributed by atoms with Gasteiger partial charge in [-0.25, -0.2) is 4.79 Å². The van der Waals surface area contributed by atoms with Crippen LogP contribution >= 0.6 is 0 Å². The van der Waals surface area contributed by atoms with Crippen molar-refractivity contribution in [3.05, 3.63) is 23.8 Å². The van der Waals surface area contributed by atoms with Crippen LogP contribution in [-0.4, -0.2) is 31.8 Å². The first-order valence-electron chi connectivity index (χ1n) is 9.87. The summed E-state index contributed by atoms with van der Waals surface area (Å²) in [5.74, 6) is 0.824. The Morgan fingerprint density at radius 1 is 1.15 bits per heavy atom. The Bertz CT molecular complexity index is 553. The highest BCUT2D eigenvalue weighted by Crippen LogP contribution is 2.29. The molecule has 0 saturated heterocycles. The predicted octanol–water partition coefficient (Wildman–Crippen LogP) is 4.23. The molecule has 0 unspecified atom stereocenters. The van der Waals surface area contributed by atoms with Crippen LogP contribution in [0.15, 0.2) is 18.2 Å². The second-order valence-electron chi connectivity index (χ2n) is 6.92. The molecular weight excluding hydrogens is 330 g/mol. The first kappa shape index (κ1) is 20.6. The third kappa shape index (κ3) is 6.52. The van der Waals surface area contributed by atoms with Gasteiger partial charge in [0.15, 0.2) is 17.6 Å². The van der Waals surface area contributed by atoms with Gasteiger partial charge in [0.1, 0.15) is 0 Å². The summed E-state index contributed by atoms with van der Waals surface area (Å²) in [7, 11) is 1.61. The quantitative estimate of drug-likeness (QED) is 0.701. The molecule has 0 radical (unpaired) electrons. The number of benzene rings is 1. The van der Waals surface area contributed by atoms with Gasteiger partial charge in [-0.15, -0.1) is 0 Å². The minimum absolute atomic E-state index is 0.343. The van der Waals surface area contributed by atoms with E-state index in [1.165, 1.54) is 44.9 Å². The molecule has 26 heavy (non-hydrogen) atoms. The fourth-order valence-electron chi connectivity index (χ4n) is 3.34. The summed E-state index contributed by atoms with van der Waals surface area (Å²) in [6.07, 6.45) is 8.59. The minimum Gasteiger partial charge on any atom is -0.493 e. The first-order valence-corrected chi connectivity index (χ1v) is 9.87. The van der Waals surface area contributed by atoms with Crippen molar-refractivity contribution in [2.45, 2.75) is 77.5 Å². The molecular formula is C21H33NO4. The van der Waals surface area contributed by atoms with Crippen molar-refractivity contribution in [3.8, 4) is 11.5 Å². The van der Waals surface area contributed by atoms with Crippen molar-refractivity contribution in [1.29, 1.82) is 0 Å². The Hall–Kier alpha value is -1.75. The fraction of sp³-hybridized carbons (Fsp3) is 0.667. The molecule has 0 bridgehead atoms. The molecule has 1 aromatic rings. The van der Waals surface area contributed by atoms with Crippen LogP contribution in [0, 0.1) is 0 Å². The molecule has 1 aliphatic rings. The predicted molar refractivity (Wildman–Crippen MR) is 103 cm³/mol. The van der Waals surface area contributed by atoms with Crippen molar-refractivity contribution in [3.63, 3.8) is 0 Å². The van der Waals surface area contributed by atoms with Crippen molar-refractivity contribution >= 4 is 5.97 Å². The summed E-state index contributed by atoms with van der Waals surface area (Å²) in [5.41, 5.74) is 1.15. The number of ether oxygens (including phenoxy) is 3. The van der Waals surface area contributed by atoms with E-state index in [0.29, 0.717) is 24.1 Å². The molecule has 0 aromatic heterocycles. The van der Waals surface area contributed by atoms with E-state index in [9.17, 15) is 4.79 Å². The molecule has 1 saturated carbocycles. The molecule has 5 nitrogen and oxygen atoms in total. The van der Waals surface area contributed by atoms with Gasteiger partial charge in [0.25, 0.3) is 0 Å². The van der Waals surface area contributed by atoms with Gasteiger partial charge in [0, 0.05) is 12.6 Å². The highest BCUT2D eigenvalue weighted by Gasteiger charge is 2.18. The highest BCUT2D eigenvalue weighted by molar-refractivity contribution is 5.74. The van der Waals surface area contributed by atoms with Crippen LogP contribution in [0.2, 0.25) is 0 Å². The van der Waals surface area contributed by atoms with E-state index in [0.717, 1.165) is 12.1 Å². The van der Waals surface area contributed by atoms with Gasteiger partial charge in [-0.2, -0.15) is 0 Å². The van der Waals surface area contributed by atoms with Crippen LogP contribution < -0.4 is 14.8 Å². The van der Waals surface area contributed by atoms with Crippen LogP contribution in [0.3, 0.4) is 0 Å². The molecule has 1 fully saturated rings. The van der Waals surface area contributed by atoms with Crippen molar-refractivity contribution < 1.29 is 19.0 Å². The Labute approximate surface area is 157 Å². The Balaban J connectivity index is 1.93. The van der Waals surface area contributed by atoms with Crippen molar-refractivity contribution in [2.75, 3.05) is 13.7 Å². The molecule has 1 aromatic carbocycles. The molecule has 2 rings (SSSR count). The zero-order valence-electron chi connectivity index (χ0n) is 16.4. The van der Waals surface area contributed by atoms with Gasteiger partial charge < -0.3 is 19.5 Å². The van der Waals surface area contributed by atoms with E-state index in [1.807, 2.05) is 18.2 Å². The normalized spacial score (nSPS) is 17.0. The van der Waals surface area contributed by atoms with Crippen LogP contribution in [0.25, 0.3) is 0 Å². The highest BCUT2D eigenvalue weighted by atomic mass is 16.6. The van der Waals surface area contributed by atoms with Crippen molar-refractivity contribution in [1.82, 2.24) is 5.32 Å². The molecule has 0 amide bonds. The van der Waals surface area contributed by atoms with Gasteiger partial charge in [0.2, 0.25) is 0 Å². The van der Waals surface area contributed by atoms with Gasteiger partial charge >= 0.3 is 5.97 Å². The minimum atomic E-state index is -0.664. The lowest BCUT2D eigenvalue weighted by Gasteiger charge is -2.21. The number of carbonyl (C=O) groups excluding carboxylic acids is 1. The summed E-state index contributed by atoms with van der Waals surface area (Å²) in [6, 6.07) is 6.46. The average Bonchev–Trinajstić information content (AvgIpc) is 2.61. The second kappa shape index (κ2) is 11.1. The number of methoxy groups -OCH3 is 1. The maximum absolute atomic E-state index is 11.7. The zero-order valence-corrected chi connectivity index (χ0v) is 16.4. The summed E-state index contributed by atoms with van der Waals surface area (Å²) in [6.45, 7) is 4.62. The summed E-state index contributed by atoms with van der Waals surface area (Å²) in [4.78, 5) is 11.7. The Morgan fingerprint density at radius 2 is 1.85 bits per heavy atom. The Morgan fingerprint density at radius 3 is 2.50 bits per heavy atom. The molecule has 1 atom stereocenters. The lowest BCUT2D eigenvalue weighted by Crippen LogP contribution is -2.29. The molecule has 1 N–H and O–H groups in total. The summed E-state index contributed by atoms with van der Waals surface area (Å²) < 4.78 is 16.1. The average molecular weight is 363 g/mol.